The normalized spacial score (nSPS) is 9.10. The van der Waals surface area contributed by atoms with Crippen molar-refractivity contribution in [2.75, 3.05) is 0 Å². The van der Waals surface area contributed by atoms with Gasteiger partial charge in [-0.15, -0.1) is 24.8 Å². The summed E-state index contributed by atoms with van der Waals surface area (Å²) in [4.78, 5) is 0. The molecule has 1 aliphatic carbocycles. The Morgan fingerprint density at radius 1 is 1.00 bits per heavy atom. The number of halogens is 2. The zero-order valence-electron chi connectivity index (χ0n) is 4.69. The van der Waals surface area contributed by atoms with Gasteiger partial charge in [0, 0.05) is 0 Å². The Morgan fingerprint density at radius 3 is 1.40 bits per heavy atom. The Balaban J connectivity index is -0.0000000337. The maximum absolute atomic E-state index is 8.19. The molecule has 0 saturated carbocycles. The summed E-state index contributed by atoms with van der Waals surface area (Å²) in [5.74, 6) is 0. The van der Waals surface area contributed by atoms with Crippen molar-refractivity contribution in [2.24, 2.45) is 0 Å². The van der Waals surface area contributed by atoms with Crippen molar-refractivity contribution in [3.05, 3.63) is 24.3 Å². The Hall–Kier alpha value is 0.444. The van der Waals surface area contributed by atoms with Crippen molar-refractivity contribution in [3.63, 3.8) is 0 Å². The summed E-state index contributed by atoms with van der Waals surface area (Å²) in [6.07, 6.45) is 9.50. The second-order valence-electron chi connectivity index (χ2n) is 1.09. The minimum atomic E-state index is 0. The molecule has 0 saturated heterocycles. The van der Waals surface area contributed by atoms with Crippen molar-refractivity contribution in [1.82, 2.24) is 0 Å². The molecule has 0 fully saturated rings. The third-order valence-corrected chi connectivity index (χ3v) is 0.655. The number of hydrogen-bond acceptors (Lipinski definition) is 1. The Morgan fingerprint density at radius 2 is 1.30 bits per heavy atom. The third kappa shape index (κ3) is 15.8. The van der Waals surface area contributed by atoms with Gasteiger partial charge in [0.1, 0.15) is 0 Å². The van der Waals surface area contributed by atoms with Gasteiger partial charge in [0.25, 0.3) is 0 Å². The van der Waals surface area contributed by atoms with Crippen LogP contribution < -0.4 is 0 Å². The van der Waals surface area contributed by atoms with E-state index in [4.69, 9.17) is 3.67 Å². The fourth-order valence-corrected chi connectivity index (χ4v) is 0.393. The number of allylic oxidation sites excluding steroid dienone is 4. The summed E-state index contributed by atoms with van der Waals surface area (Å²) in [6.45, 7) is 0. The summed E-state index contributed by atoms with van der Waals surface area (Å²) in [6, 6.07) is 0. The van der Waals surface area contributed by atoms with Crippen LogP contribution in [0.1, 0.15) is 13.8 Å². The van der Waals surface area contributed by atoms with E-state index in [0.717, 1.165) is 23.8 Å². The molecular weight excluding hydrogens is 210 g/mol. The summed E-state index contributed by atoms with van der Waals surface area (Å²) in [5, 5.41) is 0. The van der Waals surface area contributed by atoms with E-state index in [2.05, 4.69) is 24.3 Å². The zero-order chi connectivity index (χ0) is 5.54. The predicted molar refractivity (Wildman–Crippen MR) is 44.8 cm³/mol. The van der Waals surface area contributed by atoms with E-state index in [1.807, 2.05) is 0 Å². The van der Waals surface area contributed by atoms with Gasteiger partial charge in [0.05, 0.1) is 0 Å². The molecule has 4 heteroatoms. The van der Waals surface area contributed by atoms with E-state index >= 15 is 0 Å². The van der Waals surface area contributed by atoms with Crippen LogP contribution in [-0.2, 0) is 21.0 Å². The van der Waals surface area contributed by atoms with Gasteiger partial charge in [0.15, 0.2) is 0 Å². The van der Waals surface area contributed by atoms with E-state index in [1.54, 1.807) is 0 Å². The van der Waals surface area contributed by atoms with Crippen LogP contribution in [0.15, 0.2) is 24.3 Å². The molecular formula is C6H12Cl2OV. The first-order valence-electron chi connectivity index (χ1n) is 2.00. The average Bonchev–Trinajstić information content (AvgIpc) is 2.23. The molecule has 1 nitrogen and oxygen atoms in total. The molecule has 1 aliphatic rings. The van der Waals surface area contributed by atoms with E-state index in [9.17, 15) is 0 Å². The van der Waals surface area contributed by atoms with Gasteiger partial charge in [-0.3, -0.25) is 0 Å². The number of rotatable bonds is 0. The van der Waals surface area contributed by atoms with E-state index < -0.39 is 0 Å². The molecule has 1 rings (SSSR count). The van der Waals surface area contributed by atoms with Crippen LogP contribution in [0, 0.1) is 0 Å². The van der Waals surface area contributed by atoms with Crippen LogP contribution in [0.4, 0.5) is 0 Å². The summed E-state index contributed by atoms with van der Waals surface area (Å²) < 4.78 is 8.19. The minimum absolute atomic E-state index is 0. The molecule has 0 aromatic rings. The Labute approximate surface area is 84.0 Å². The van der Waals surface area contributed by atoms with E-state index in [-0.39, 0.29) is 32.2 Å². The van der Waals surface area contributed by atoms with Crippen molar-refractivity contribution in [2.45, 2.75) is 13.8 Å². The molecule has 0 N–H and O–H groups in total. The van der Waals surface area contributed by atoms with Gasteiger partial charge in [0.2, 0.25) is 0 Å². The summed E-state index contributed by atoms with van der Waals surface area (Å²) in [5.41, 5.74) is 0. The second-order valence-corrected chi connectivity index (χ2v) is 1.09. The quantitative estimate of drug-likeness (QED) is 0.615. The van der Waals surface area contributed by atoms with Gasteiger partial charge < -0.3 is 0 Å². The summed E-state index contributed by atoms with van der Waals surface area (Å²) in [7, 11) is 0. The molecule has 0 bridgehead atoms. The first-order valence-corrected chi connectivity index (χ1v) is 2.57. The van der Waals surface area contributed by atoms with Crippen molar-refractivity contribution in [3.8, 4) is 0 Å². The van der Waals surface area contributed by atoms with E-state index in [0.29, 0.717) is 0 Å². The SMILES string of the molecule is C.C1=CCC=C1.Cl.Cl.[O]=[V]. The third-order valence-electron chi connectivity index (χ3n) is 0.655. The van der Waals surface area contributed by atoms with Gasteiger partial charge in [-0.25, -0.2) is 0 Å². The number of hydrogen-bond donors (Lipinski definition) is 0. The van der Waals surface area contributed by atoms with Crippen LogP contribution >= 0.6 is 24.8 Å². The van der Waals surface area contributed by atoms with E-state index in [1.165, 1.54) is 0 Å². The molecule has 61 valence electrons. The monoisotopic (exact) mass is 221 g/mol. The second kappa shape index (κ2) is 22.7. The summed E-state index contributed by atoms with van der Waals surface area (Å²) >= 11 is 1.06. The van der Waals surface area contributed by atoms with Crippen molar-refractivity contribution < 1.29 is 21.0 Å². The van der Waals surface area contributed by atoms with Crippen LogP contribution in [0.25, 0.3) is 0 Å². The first kappa shape index (κ1) is 22.4. The molecule has 0 radical (unpaired) electrons. The molecule has 0 unspecified atom stereocenters. The van der Waals surface area contributed by atoms with Gasteiger partial charge in [-0.05, 0) is 6.42 Å². The zero-order valence-corrected chi connectivity index (χ0v) is 7.72. The predicted octanol–water partition coefficient (Wildman–Crippen LogP) is 2.86. The molecule has 0 aliphatic heterocycles. The van der Waals surface area contributed by atoms with Crippen LogP contribution in [0.2, 0.25) is 0 Å². The van der Waals surface area contributed by atoms with Crippen LogP contribution in [0.3, 0.4) is 0 Å². The molecule has 0 heterocycles. The first-order chi connectivity index (χ1) is 3.50. The topological polar surface area (TPSA) is 17.1 Å². The van der Waals surface area contributed by atoms with Crippen LogP contribution in [-0.4, -0.2) is 0 Å². The van der Waals surface area contributed by atoms with Gasteiger partial charge in [-0.1, -0.05) is 31.7 Å². The van der Waals surface area contributed by atoms with Crippen molar-refractivity contribution >= 4 is 24.8 Å². The van der Waals surface area contributed by atoms with Gasteiger partial charge >= 0.3 is 21.0 Å². The Bertz CT molecular complexity index is 83.7. The fourth-order valence-electron chi connectivity index (χ4n) is 0.393. The average molecular weight is 222 g/mol. The molecule has 0 amide bonds. The molecule has 0 aromatic carbocycles. The van der Waals surface area contributed by atoms with Gasteiger partial charge in [-0.2, -0.15) is 0 Å². The Kier molecular flexibility index (Phi) is 51.0. The van der Waals surface area contributed by atoms with Crippen molar-refractivity contribution in [1.29, 1.82) is 0 Å². The molecule has 10 heavy (non-hydrogen) atoms. The molecule has 0 spiro atoms. The standard InChI is InChI=1S/C5H6.CH4.2ClH.O.V/c1-2-4-5-3-1;;;;;/h1-4H,5H2;1H4;2*1H;;. The fraction of sp³-hybridized carbons (Fsp3) is 0.333. The molecule has 0 aromatic heterocycles. The molecule has 0 atom stereocenters. The maximum atomic E-state index is 8.19. The van der Waals surface area contributed by atoms with Crippen LogP contribution in [0.5, 0.6) is 0 Å².